The van der Waals surface area contributed by atoms with Crippen LogP contribution in [0.5, 0.6) is 0 Å². The molecule has 0 saturated carbocycles. The van der Waals surface area contributed by atoms with Crippen LogP contribution in [0.15, 0.2) is 0 Å². The third-order valence-electron chi connectivity index (χ3n) is 4.84. The molecule has 1 spiro atoms. The van der Waals surface area contributed by atoms with Crippen LogP contribution < -0.4 is 5.32 Å². The molecule has 5 nitrogen and oxygen atoms in total. The quantitative estimate of drug-likeness (QED) is 0.757. The van der Waals surface area contributed by atoms with E-state index >= 15 is 0 Å². The number of amides is 1. The van der Waals surface area contributed by atoms with Gasteiger partial charge >= 0.3 is 0 Å². The van der Waals surface area contributed by atoms with E-state index in [-0.39, 0.29) is 18.1 Å². The number of nitrogens with one attached hydrogen (secondary N) is 1. The summed E-state index contributed by atoms with van der Waals surface area (Å²) in [5.41, 5.74) is 0.119. The standard InChI is InChI=1S/C15H26N2O3/c18-14(17-5-1-2-6-17)10-19-7-3-13-4-8-20-15(9-13)11-16-12-15/h13,16H,1-12H2/t13-/m0/s1. The summed E-state index contributed by atoms with van der Waals surface area (Å²) in [6.45, 7) is 5.66. The highest BCUT2D eigenvalue weighted by molar-refractivity contribution is 5.77. The minimum Gasteiger partial charge on any atom is -0.372 e. The first-order valence-corrected chi connectivity index (χ1v) is 7.98. The molecule has 114 valence electrons. The Hall–Kier alpha value is -0.650. The van der Waals surface area contributed by atoms with E-state index in [0.29, 0.717) is 12.5 Å². The summed E-state index contributed by atoms with van der Waals surface area (Å²) in [6, 6.07) is 0. The molecular weight excluding hydrogens is 256 g/mol. The highest BCUT2D eigenvalue weighted by Gasteiger charge is 2.42. The molecule has 0 aromatic heterocycles. The van der Waals surface area contributed by atoms with Crippen molar-refractivity contribution in [1.82, 2.24) is 10.2 Å². The van der Waals surface area contributed by atoms with Gasteiger partial charge in [0.05, 0.1) is 5.60 Å². The predicted octanol–water partition coefficient (Wildman–Crippen LogP) is 0.784. The van der Waals surface area contributed by atoms with Gasteiger partial charge in [-0.1, -0.05) is 0 Å². The van der Waals surface area contributed by atoms with Crippen LogP contribution in [0.3, 0.4) is 0 Å². The third kappa shape index (κ3) is 3.32. The average molecular weight is 282 g/mol. The Morgan fingerprint density at radius 1 is 1.35 bits per heavy atom. The molecule has 3 saturated heterocycles. The summed E-state index contributed by atoms with van der Waals surface area (Å²) < 4.78 is 11.5. The van der Waals surface area contributed by atoms with Gasteiger partial charge in [0.2, 0.25) is 5.91 Å². The van der Waals surface area contributed by atoms with Crippen molar-refractivity contribution in [3.63, 3.8) is 0 Å². The SMILES string of the molecule is O=C(COCC[C@H]1CCOC2(CNC2)C1)N1CCCC1. The lowest BCUT2D eigenvalue weighted by atomic mass is 9.80. The summed E-state index contributed by atoms with van der Waals surface area (Å²) in [5, 5.41) is 3.30. The minimum atomic E-state index is 0.119. The van der Waals surface area contributed by atoms with Gasteiger partial charge in [0, 0.05) is 39.4 Å². The summed E-state index contributed by atoms with van der Waals surface area (Å²) >= 11 is 0. The minimum absolute atomic E-state index is 0.119. The fourth-order valence-corrected chi connectivity index (χ4v) is 3.49. The van der Waals surface area contributed by atoms with Gasteiger partial charge in [-0.05, 0) is 38.0 Å². The summed E-state index contributed by atoms with van der Waals surface area (Å²) in [7, 11) is 0. The molecule has 3 fully saturated rings. The second kappa shape index (κ2) is 6.41. The van der Waals surface area contributed by atoms with Gasteiger partial charge in [-0.3, -0.25) is 4.79 Å². The van der Waals surface area contributed by atoms with Crippen molar-refractivity contribution in [2.75, 3.05) is 46.0 Å². The fourth-order valence-electron chi connectivity index (χ4n) is 3.49. The largest absolute Gasteiger partial charge is 0.372 e. The predicted molar refractivity (Wildman–Crippen MR) is 75.5 cm³/mol. The Bertz CT molecular complexity index is 338. The number of rotatable bonds is 5. The second-order valence-corrected chi connectivity index (χ2v) is 6.42. The third-order valence-corrected chi connectivity index (χ3v) is 4.84. The Labute approximate surface area is 121 Å². The monoisotopic (exact) mass is 282 g/mol. The van der Waals surface area contributed by atoms with E-state index in [1.165, 1.54) is 0 Å². The number of likely N-dealkylation sites (tertiary alicyclic amines) is 1. The van der Waals surface area contributed by atoms with Crippen LogP contribution in [0.25, 0.3) is 0 Å². The van der Waals surface area contributed by atoms with Gasteiger partial charge in [0.25, 0.3) is 0 Å². The van der Waals surface area contributed by atoms with E-state index < -0.39 is 0 Å². The van der Waals surface area contributed by atoms with Crippen LogP contribution in [-0.2, 0) is 14.3 Å². The molecule has 3 aliphatic heterocycles. The van der Waals surface area contributed by atoms with Gasteiger partial charge in [-0.2, -0.15) is 0 Å². The van der Waals surface area contributed by atoms with Gasteiger partial charge < -0.3 is 19.7 Å². The highest BCUT2D eigenvalue weighted by Crippen LogP contribution is 2.33. The molecule has 0 radical (unpaired) electrons. The zero-order chi connectivity index (χ0) is 13.8. The molecule has 0 aliphatic carbocycles. The zero-order valence-electron chi connectivity index (χ0n) is 12.2. The van der Waals surface area contributed by atoms with E-state index in [1.807, 2.05) is 4.90 Å². The Morgan fingerprint density at radius 2 is 2.15 bits per heavy atom. The molecule has 0 aromatic rings. The summed E-state index contributed by atoms with van der Waals surface area (Å²) in [6.07, 6.45) is 5.61. The normalized spacial score (nSPS) is 28.6. The molecule has 1 amide bonds. The van der Waals surface area contributed by atoms with Crippen molar-refractivity contribution in [2.24, 2.45) is 5.92 Å². The Balaban J connectivity index is 1.30. The first-order chi connectivity index (χ1) is 9.77. The molecule has 0 unspecified atom stereocenters. The smallest absolute Gasteiger partial charge is 0.248 e. The van der Waals surface area contributed by atoms with E-state index in [9.17, 15) is 4.79 Å². The van der Waals surface area contributed by atoms with E-state index in [2.05, 4.69) is 5.32 Å². The molecule has 5 heteroatoms. The first kappa shape index (κ1) is 14.3. The number of carbonyl (C=O) groups is 1. The van der Waals surface area contributed by atoms with Gasteiger partial charge in [-0.15, -0.1) is 0 Å². The van der Waals surface area contributed by atoms with Gasteiger partial charge in [-0.25, -0.2) is 0 Å². The van der Waals surface area contributed by atoms with Crippen molar-refractivity contribution in [1.29, 1.82) is 0 Å². The maximum atomic E-state index is 11.8. The molecular formula is C15H26N2O3. The van der Waals surface area contributed by atoms with Crippen molar-refractivity contribution in [3.05, 3.63) is 0 Å². The number of ether oxygens (including phenoxy) is 2. The summed E-state index contributed by atoms with van der Waals surface area (Å²) in [4.78, 5) is 13.7. The van der Waals surface area contributed by atoms with Crippen molar-refractivity contribution in [2.45, 2.75) is 37.7 Å². The van der Waals surface area contributed by atoms with Crippen LogP contribution in [0.2, 0.25) is 0 Å². The summed E-state index contributed by atoms with van der Waals surface area (Å²) in [5.74, 6) is 0.849. The van der Waals surface area contributed by atoms with Crippen molar-refractivity contribution < 1.29 is 14.3 Å². The lowest BCUT2D eigenvalue weighted by Gasteiger charge is -2.47. The second-order valence-electron chi connectivity index (χ2n) is 6.42. The number of nitrogens with zero attached hydrogens (tertiary/aromatic N) is 1. The molecule has 3 aliphatic rings. The van der Waals surface area contributed by atoms with Crippen molar-refractivity contribution >= 4 is 5.91 Å². The molecule has 3 heterocycles. The topological polar surface area (TPSA) is 50.8 Å². The molecule has 3 rings (SSSR count). The Morgan fingerprint density at radius 3 is 2.85 bits per heavy atom. The highest BCUT2D eigenvalue weighted by atomic mass is 16.5. The lowest BCUT2D eigenvalue weighted by molar-refractivity contribution is -0.137. The van der Waals surface area contributed by atoms with Crippen LogP contribution in [-0.4, -0.2) is 62.4 Å². The Kier molecular flexibility index (Phi) is 4.58. The van der Waals surface area contributed by atoms with E-state index in [4.69, 9.17) is 9.47 Å². The van der Waals surface area contributed by atoms with Crippen LogP contribution >= 0.6 is 0 Å². The maximum absolute atomic E-state index is 11.8. The molecule has 0 aromatic carbocycles. The van der Waals surface area contributed by atoms with Crippen LogP contribution in [0.1, 0.15) is 32.1 Å². The van der Waals surface area contributed by atoms with Crippen molar-refractivity contribution in [3.8, 4) is 0 Å². The first-order valence-electron chi connectivity index (χ1n) is 7.98. The number of hydrogen-bond acceptors (Lipinski definition) is 4. The molecule has 1 N–H and O–H groups in total. The lowest BCUT2D eigenvalue weighted by Crippen LogP contribution is -2.63. The number of hydrogen-bond donors (Lipinski definition) is 1. The molecule has 0 bridgehead atoms. The number of carbonyl (C=O) groups excluding carboxylic acids is 1. The average Bonchev–Trinajstić information content (AvgIpc) is 2.96. The van der Waals surface area contributed by atoms with Gasteiger partial charge in [0.1, 0.15) is 6.61 Å². The van der Waals surface area contributed by atoms with Crippen LogP contribution in [0, 0.1) is 5.92 Å². The van der Waals surface area contributed by atoms with Crippen LogP contribution in [0.4, 0.5) is 0 Å². The fraction of sp³-hybridized carbons (Fsp3) is 0.933. The van der Waals surface area contributed by atoms with E-state index in [0.717, 1.165) is 64.9 Å². The van der Waals surface area contributed by atoms with E-state index in [1.54, 1.807) is 0 Å². The maximum Gasteiger partial charge on any atom is 0.248 e. The molecule has 1 atom stereocenters. The van der Waals surface area contributed by atoms with Gasteiger partial charge in [0.15, 0.2) is 0 Å². The zero-order valence-corrected chi connectivity index (χ0v) is 12.2. The molecule has 20 heavy (non-hydrogen) atoms.